The monoisotopic (exact) mass is 517 g/mol. The zero-order valence-electron chi connectivity index (χ0n) is 22.1. The zero-order chi connectivity index (χ0) is 26.8. The number of hydrogen-bond donors (Lipinski definition) is 0. The number of hydrogen-bond acceptors (Lipinski definition) is 7. The molecule has 198 valence electrons. The van der Waals surface area contributed by atoms with Crippen molar-refractivity contribution >= 4 is 22.8 Å². The molecule has 0 saturated carbocycles. The predicted octanol–water partition coefficient (Wildman–Crippen LogP) is 5.54. The van der Waals surface area contributed by atoms with Gasteiger partial charge in [0.25, 0.3) is 0 Å². The summed E-state index contributed by atoms with van der Waals surface area (Å²) in [7, 11) is 2.05. The van der Waals surface area contributed by atoms with Crippen molar-refractivity contribution in [1.82, 2.24) is 19.7 Å². The highest BCUT2D eigenvalue weighted by Crippen LogP contribution is 2.36. The largest absolute Gasteiger partial charge is 0.461 e. The van der Waals surface area contributed by atoms with Gasteiger partial charge in [-0.05, 0) is 73.2 Å². The number of halogens is 1. The van der Waals surface area contributed by atoms with Crippen molar-refractivity contribution in [1.29, 1.82) is 0 Å². The van der Waals surface area contributed by atoms with Crippen LogP contribution < -0.4 is 4.90 Å². The summed E-state index contributed by atoms with van der Waals surface area (Å²) in [4.78, 5) is 24.4. The van der Waals surface area contributed by atoms with Crippen LogP contribution >= 0.6 is 0 Å². The third-order valence-electron chi connectivity index (χ3n) is 6.91. The maximum atomic E-state index is 14.2. The van der Waals surface area contributed by atoms with Gasteiger partial charge in [-0.3, -0.25) is 0 Å². The Morgan fingerprint density at radius 2 is 2.00 bits per heavy atom. The molecule has 1 saturated heterocycles. The molecule has 0 atom stereocenters. The molecule has 0 radical (unpaired) electrons. The molecule has 1 aromatic carbocycles. The van der Waals surface area contributed by atoms with Crippen molar-refractivity contribution in [2.75, 3.05) is 31.8 Å². The lowest BCUT2D eigenvalue weighted by atomic mass is 9.97. The van der Waals surface area contributed by atoms with Gasteiger partial charge in [0.05, 0.1) is 23.4 Å². The van der Waals surface area contributed by atoms with Crippen LogP contribution in [-0.4, -0.2) is 58.6 Å². The number of aromatic nitrogens is 4. The minimum Gasteiger partial charge on any atom is -0.461 e. The van der Waals surface area contributed by atoms with Crippen LogP contribution in [0.4, 0.5) is 10.2 Å². The quantitative estimate of drug-likeness (QED) is 0.298. The van der Waals surface area contributed by atoms with Gasteiger partial charge in [-0.1, -0.05) is 19.9 Å². The molecule has 0 N–H and O–H groups in total. The first-order valence-electron chi connectivity index (χ1n) is 13.0. The van der Waals surface area contributed by atoms with Crippen molar-refractivity contribution in [3.8, 4) is 16.8 Å². The van der Waals surface area contributed by atoms with Crippen LogP contribution in [0.25, 0.3) is 27.8 Å². The fourth-order valence-corrected chi connectivity index (χ4v) is 4.91. The van der Waals surface area contributed by atoms with Gasteiger partial charge in [0.1, 0.15) is 11.6 Å². The van der Waals surface area contributed by atoms with E-state index in [4.69, 9.17) is 14.6 Å². The number of benzene rings is 1. The van der Waals surface area contributed by atoms with E-state index in [0.717, 1.165) is 54.1 Å². The maximum Gasteiger partial charge on any atom is 0.357 e. The summed E-state index contributed by atoms with van der Waals surface area (Å²) < 4.78 is 26.6. The molecule has 4 aromatic rings. The summed E-state index contributed by atoms with van der Waals surface area (Å²) in [6.45, 7) is 7.56. The highest BCUT2D eigenvalue weighted by Gasteiger charge is 2.25. The van der Waals surface area contributed by atoms with Crippen LogP contribution in [0, 0.1) is 5.82 Å². The van der Waals surface area contributed by atoms with Crippen molar-refractivity contribution in [3.05, 3.63) is 65.9 Å². The Hall–Kier alpha value is -3.85. The summed E-state index contributed by atoms with van der Waals surface area (Å²) in [6, 6.07) is 12.2. The number of esters is 1. The minimum atomic E-state index is -0.526. The number of rotatable bonds is 7. The summed E-state index contributed by atoms with van der Waals surface area (Å²) >= 11 is 0. The summed E-state index contributed by atoms with van der Waals surface area (Å²) in [5.41, 5.74) is 3.64. The van der Waals surface area contributed by atoms with Gasteiger partial charge in [0.2, 0.25) is 0 Å². The van der Waals surface area contributed by atoms with Gasteiger partial charge in [0, 0.05) is 32.5 Å². The van der Waals surface area contributed by atoms with Gasteiger partial charge in [-0.25, -0.2) is 23.8 Å². The van der Waals surface area contributed by atoms with Crippen molar-refractivity contribution in [2.24, 2.45) is 0 Å². The highest BCUT2D eigenvalue weighted by atomic mass is 19.1. The van der Waals surface area contributed by atoms with Gasteiger partial charge in [-0.15, -0.1) is 0 Å². The standard InChI is InChI=1S/C29H32FN5O3/c1-5-38-29(36)24-17-23(19-9-12-31-25(15-19)34(4)21-10-13-37-14-11-21)26-27(18(2)3)33-35(28(26)32-24)22-8-6-7-20(30)16-22/h6-9,12,15-18,21H,5,10-11,13-14H2,1-4H3. The van der Waals surface area contributed by atoms with Crippen LogP contribution in [0.2, 0.25) is 0 Å². The number of carbonyl (C=O) groups is 1. The van der Waals surface area contributed by atoms with E-state index in [2.05, 4.69) is 35.8 Å². The van der Waals surface area contributed by atoms with Crippen LogP contribution in [0.15, 0.2) is 48.7 Å². The van der Waals surface area contributed by atoms with E-state index in [1.54, 1.807) is 36.0 Å². The minimum absolute atomic E-state index is 0.0486. The molecular formula is C29H32FN5O3. The Labute approximate surface area is 221 Å². The Kier molecular flexibility index (Phi) is 7.37. The number of pyridine rings is 2. The molecule has 38 heavy (non-hydrogen) atoms. The SMILES string of the molecule is CCOC(=O)c1cc(-c2ccnc(N(C)C3CCOCC3)c2)c2c(C(C)C)nn(-c3cccc(F)c3)c2n1. The van der Waals surface area contributed by atoms with Crippen molar-refractivity contribution in [2.45, 2.75) is 45.6 Å². The van der Waals surface area contributed by atoms with Crippen molar-refractivity contribution in [3.63, 3.8) is 0 Å². The van der Waals surface area contributed by atoms with E-state index in [1.165, 1.54) is 12.1 Å². The Balaban J connectivity index is 1.73. The van der Waals surface area contributed by atoms with Gasteiger partial charge in [0.15, 0.2) is 11.3 Å². The van der Waals surface area contributed by atoms with E-state index in [-0.39, 0.29) is 24.0 Å². The van der Waals surface area contributed by atoms with E-state index < -0.39 is 5.97 Å². The predicted molar refractivity (Wildman–Crippen MR) is 144 cm³/mol. The van der Waals surface area contributed by atoms with Crippen LogP contribution in [0.1, 0.15) is 55.7 Å². The van der Waals surface area contributed by atoms with E-state index in [0.29, 0.717) is 17.4 Å². The second-order valence-corrected chi connectivity index (χ2v) is 9.76. The van der Waals surface area contributed by atoms with Crippen LogP contribution in [-0.2, 0) is 9.47 Å². The van der Waals surface area contributed by atoms with E-state index in [9.17, 15) is 9.18 Å². The number of ether oxygens (including phenoxy) is 2. The Bertz CT molecular complexity index is 1460. The number of anilines is 1. The van der Waals surface area contributed by atoms with Gasteiger partial charge in [-0.2, -0.15) is 5.10 Å². The first kappa shape index (κ1) is 25.8. The van der Waals surface area contributed by atoms with Crippen molar-refractivity contribution < 1.29 is 18.7 Å². The number of fused-ring (bicyclic) bond motifs is 1. The first-order chi connectivity index (χ1) is 18.4. The molecule has 1 fully saturated rings. The first-order valence-corrected chi connectivity index (χ1v) is 13.0. The second kappa shape index (κ2) is 10.9. The second-order valence-electron chi connectivity index (χ2n) is 9.76. The molecule has 3 aromatic heterocycles. The zero-order valence-corrected chi connectivity index (χ0v) is 22.1. The lowest BCUT2D eigenvalue weighted by Crippen LogP contribution is -2.37. The molecule has 0 bridgehead atoms. The molecule has 5 rings (SSSR count). The highest BCUT2D eigenvalue weighted by molar-refractivity contribution is 6.00. The van der Waals surface area contributed by atoms with E-state index in [1.807, 2.05) is 12.1 Å². The fourth-order valence-electron chi connectivity index (χ4n) is 4.91. The maximum absolute atomic E-state index is 14.2. The molecule has 0 aliphatic carbocycles. The third-order valence-corrected chi connectivity index (χ3v) is 6.91. The summed E-state index contributed by atoms with van der Waals surface area (Å²) in [5, 5.41) is 5.67. The van der Waals surface area contributed by atoms with Gasteiger partial charge >= 0.3 is 5.97 Å². The molecule has 0 spiro atoms. The molecule has 1 aliphatic heterocycles. The average Bonchev–Trinajstić information content (AvgIpc) is 3.33. The topological polar surface area (TPSA) is 82.4 Å². The van der Waals surface area contributed by atoms with E-state index >= 15 is 0 Å². The van der Waals surface area contributed by atoms with Crippen LogP contribution in [0.5, 0.6) is 0 Å². The number of carbonyl (C=O) groups excluding carboxylic acids is 1. The molecule has 9 heteroatoms. The Morgan fingerprint density at radius 1 is 1.21 bits per heavy atom. The molecule has 4 heterocycles. The fraction of sp³-hybridized carbons (Fsp3) is 0.379. The lowest BCUT2D eigenvalue weighted by molar-refractivity contribution is 0.0520. The molecule has 1 aliphatic rings. The number of nitrogens with zero attached hydrogens (tertiary/aromatic N) is 5. The summed E-state index contributed by atoms with van der Waals surface area (Å²) in [6.07, 6.45) is 3.66. The summed E-state index contributed by atoms with van der Waals surface area (Å²) in [5.74, 6) is -0.0236. The van der Waals surface area contributed by atoms with Gasteiger partial charge < -0.3 is 14.4 Å². The third kappa shape index (κ3) is 4.98. The van der Waals surface area contributed by atoms with Crippen LogP contribution in [0.3, 0.4) is 0 Å². The smallest absolute Gasteiger partial charge is 0.357 e. The lowest BCUT2D eigenvalue weighted by Gasteiger charge is -2.32. The molecule has 0 amide bonds. The average molecular weight is 518 g/mol. The molecular weight excluding hydrogens is 485 g/mol. The molecule has 8 nitrogen and oxygen atoms in total. The Morgan fingerprint density at radius 3 is 2.71 bits per heavy atom. The normalized spacial score (nSPS) is 14.3. The molecule has 0 unspecified atom stereocenters.